The molecule has 0 radical (unpaired) electrons. The Labute approximate surface area is 136 Å². The quantitative estimate of drug-likeness (QED) is 0.730. The standard InChI is InChI=1S/C17H25NOS2/c19-17(14-20-13-15-7-3-1-4-8-15)18-11-12-21-16-9-5-2-6-10-16/h1,3-4,7-8,16H,2,5-6,9-14H2,(H,18,19). The summed E-state index contributed by atoms with van der Waals surface area (Å²) in [5.74, 6) is 2.69. The van der Waals surface area contributed by atoms with E-state index in [-0.39, 0.29) is 5.91 Å². The van der Waals surface area contributed by atoms with Gasteiger partial charge in [-0.3, -0.25) is 4.79 Å². The molecule has 0 saturated heterocycles. The van der Waals surface area contributed by atoms with Crippen LogP contribution in [0.3, 0.4) is 0 Å². The zero-order valence-electron chi connectivity index (χ0n) is 12.6. The Morgan fingerprint density at radius 2 is 1.90 bits per heavy atom. The van der Waals surface area contributed by atoms with Gasteiger partial charge in [0.1, 0.15) is 0 Å². The molecule has 4 heteroatoms. The van der Waals surface area contributed by atoms with Gasteiger partial charge in [0.05, 0.1) is 5.75 Å². The second-order valence-electron chi connectivity index (χ2n) is 5.46. The van der Waals surface area contributed by atoms with Gasteiger partial charge in [-0.15, -0.1) is 11.8 Å². The maximum absolute atomic E-state index is 11.7. The lowest BCUT2D eigenvalue weighted by Crippen LogP contribution is -2.28. The zero-order chi connectivity index (χ0) is 14.8. The van der Waals surface area contributed by atoms with E-state index in [0.29, 0.717) is 5.75 Å². The maximum atomic E-state index is 11.7. The van der Waals surface area contributed by atoms with E-state index < -0.39 is 0 Å². The monoisotopic (exact) mass is 323 g/mol. The van der Waals surface area contributed by atoms with Crippen LogP contribution in [0.5, 0.6) is 0 Å². The topological polar surface area (TPSA) is 29.1 Å². The molecule has 0 heterocycles. The average molecular weight is 324 g/mol. The number of hydrogen-bond acceptors (Lipinski definition) is 3. The molecule has 0 unspecified atom stereocenters. The van der Waals surface area contributed by atoms with Gasteiger partial charge in [0, 0.05) is 23.3 Å². The van der Waals surface area contributed by atoms with Crippen molar-refractivity contribution in [1.82, 2.24) is 5.32 Å². The lowest BCUT2D eigenvalue weighted by molar-refractivity contribution is -0.118. The first-order valence-corrected chi connectivity index (χ1v) is 10.0. The smallest absolute Gasteiger partial charge is 0.230 e. The Morgan fingerprint density at radius 1 is 1.14 bits per heavy atom. The first-order valence-electron chi connectivity index (χ1n) is 7.84. The molecule has 0 aliphatic heterocycles. The van der Waals surface area contributed by atoms with E-state index in [9.17, 15) is 4.79 Å². The summed E-state index contributed by atoms with van der Waals surface area (Å²) in [6.45, 7) is 0.811. The van der Waals surface area contributed by atoms with Crippen molar-refractivity contribution in [3.63, 3.8) is 0 Å². The summed E-state index contributed by atoms with van der Waals surface area (Å²) in [5.41, 5.74) is 1.28. The van der Waals surface area contributed by atoms with Crippen LogP contribution in [0.15, 0.2) is 30.3 Å². The minimum Gasteiger partial charge on any atom is -0.355 e. The molecule has 2 rings (SSSR count). The SMILES string of the molecule is O=C(CSCc1ccccc1)NCCSC1CCCCC1. The van der Waals surface area contributed by atoms with Crippen LogP contribution >= 0.6 is 23.5 Å². The van der Waals surface area contributed by atoms with E-state index >= 15 is 0 Å². The van der Waals surface area contributed by atoms with E-state index in [2.05, 4.69) is 17.4 Å². The molecule has 116 valence electrons. The molecule has 21 heavy (non-hydrogen) atoms. The molecule has 1 N–H and O–H groups in total. The summed E-state index contributed by atoms with van der Waals surface area (Å²) in [5, 5.41) is 3.86. The summed E-state index contributed by atoms with van der Waals surface area (Å²) < 4.78 is 0. The highest BCUT2D eigenvalue weighted by Gasteiger charge is 2.13. The molecule has 1 aromatic carbocycles. The Morgan fingerprint density at radius 3 is 2.67 bits per heavy atom. The number of amides is 1. The molecule has 0 aromatic heterocycles. The van der Waals surface area contributed by atoms with E-state index in [1.54, 1.807) is 11.8 Å². The molecule has 1 amide bonds. The highest BCUT2D eigenvalue weighted by atomic mass is 32.2. The minimum absolute atomic E-state index is 0.167. The lowest BCUT2D eigenvalue weighted by atomic mass is 10.0. The third-order valence-corrected chi connectivity index (χ3v) is 6.06. The van der Waals surface area contributed by atoms with Crippen LogP contribution in [-0.2, 0) is 10.5 Å². The van der Waals surface area contributed by atoms with Crippen LogP contribution in [0.4, 0.5) is 0 Å². The molecule has 1 aliphatic carbocycles. The largest absolute Gasteiger partial charge is 0.355 e. The van der Waals surface area contributed by atoms with E-state index in [0.717, 1.165) is 23.3 Å². The molecule has 1 saturated carbocycles. The van der Waals surface area contributed by atoms with Crippen molar-refractivity contribution in [2.75, 3.05) is 18.1 Å². The summed E-state index contributed by atoms with van der Waals surface area (Å²) >= 11 is 3.72. The molecule has 1 aliphatic rings. The van der Waals surface area contributed by atoms with Crippen LogP contribution in [0.2, 0.25) is 0 Å². The third kappa shape index (κ3) is 7.28. The number of rotatable bonds is 8. The van der Waals surface area contributed by atoms with Gasteiger partial charge in [0.2, 0.25) is 5.91 Å². The number of carbonyl (C=O) groups is 1. The second-order valence-corrected chi connectivity index (χ2v) is 7.85. The van der Waals surface area contributed by atoms with Crippen molar-refractivity contribution in [3.05, 3.63) is 35.9 Å². The van der Waals surface area contributed by atoms with Gasteiger partial charge in [-0.2, -0.15) is 11.8 Å². The number of hydrogen-bond donors (Lipinski definition) is 1. The fourth-order valence-electron chi connectivity index (χ4n) is 2.53. The van der Waals surface area contributed by atoms with Crippen molar-refractivity contribution in [2.24, 2.45) is 0 Å². The van der Waals surface area contributed by atoms with Crippen LogP contribution in [0.25, 0.3) is 0 Å². The number of thioether (sulfide) groups is 2. The van der Waals surface area contributed by atoms with Crippen LogP contribution in [-0.4, -0.2) is 29.2 Å². The van der Waals surface area contributed by atoms with Gasteiger partial charge in [-0.1, -0.05) is 49.6 Å². The number of carbonyl (C=O) groups excluding carboxylic acids is 1. The number of benzene rings is 1. The lowest BCUT2D eigenvalue weighted by Gasteiger charge is -2.20. The van der Waals surface area contributed by atoms with Crippen LogP contribution in [0.1, 0.15) is 37.7 Å². The molecule has 1 fully saturated rings. The van der Waals surface area contributed by atoms with E-state index in [4.69, 9.17) is 0 Å². The fraction of sp³-hybridized carbons (Fsp3) is 0.588. The van der Waals surface area contributed by atoms with Crippen molar-refractivity contribution in [3.8, 4) is 0 Å². The zero-order valence-corrected chi connectivity index (χ0v) is 14.2. The van der Waals surface area contributed by atoms with Gasteiger partial charge >= 0.3 is 0 Å². The van der Waals surface area contributed by atoms with Gasteiger partial charge in [-0.25, -0.2) is 0 Å². The van der Waals surface area contributed by atoms with Gasteiger partial charge < -0.3 is 5.32 Å². The Kier molecular flexibility index (Phi) is 8.12. The van der Waals surface area contributed by atoms with Gasteiger partial charge in [-0.05, 0) is 18.4 Å². The summed E-state index contributed by atoms with van der Waals surface area (Å²) in [7, 11) is 0. The predicted molar refractivity (Wildman–Crippen MR) is 94.9 cm³/mol. The summed E-state index contributed by atoms with van der Waals surface area (Å²) in [6, 6.07) is 10.3. The normalized spacial score (nSPS) is 15.8. The summed E-state index contributed by atoms with van der Waals surface area (Å²) in [4.78, 5) is 11.7. The first-order chi connectivity index (χ1) is 10.3. The van der Waals surface area contributed by atoms with Crippen LogP contribution < -0.4 is 5.32 Å². The molecule has 0 spiro atoms. The highest BCUT2D eigenvalue weighted by molar-refractivity contribution is 8.00. The van der Waals surface area contributed by atoms with Crippen LogP contribution in [0, 0.1) is 0 Å². The van der Waals surface area contributed by atoms with Gasteiger partial charge in [0.15, 0.2) is 0 Å². The summed E-state index contributed by atoms with van der Waals surface area (Å²) in [6.07, 6.45) is 6.92. The molecular formula is C17H25NOS2. The molecule has 1 aromatic rings. The molecule has 0 bridgehead atoms. The van der Waals surface area contributed by atoms with Gasteiger partial charge in [0.25, 0.3) is 0 Å². The first kappa shape index (κ1) is 16.8. The Hall–Kier alpha value is -0.610. The highest BCUT2D eigenvalue weighted by Crippen LogP contribution is 2.27. The fourth-order valence-corrected chi connectivity index (χ4v) is 4.57. The predicted octanol–water partition coefficient (Wildman–Crippen LogP) is 4.10. The van der Waals surface area contributed by atoms with Crippen molar-refractivity contribution >= 4 is 29.4 Å². The van der Waals surface area contributed by atoms with Crippen molar-refractivity contribution < 1.29 is 4.79 Å². The second kappa shape index (κ2) is 10.2. The Balaban J connectivity index is 1.47. The van der Waals surface area contributed by atoms with Crippen molar-refractivity contribution in [2.45, 2.75) is 43.1 Å². The van der Waals surface area contributed by atoms with Crippen molar-refractivity contribution in [1.29, 1.82) is 0 Å². The molecule has 0 atom stereocenters. The van der Waals surface area contributed by atoms with E-state index in [1.807, 2.05) is 30.0 Å². The molecule has 2 nitrogen and oxygen atoms in total. The average Bonchev–Trinajstić information content (AvgIpc) is 2.54. The number of nitrogens with one attached hydrogen (secondary N) is 1. The maximum Gasteiger partial charge on any atom is 0.230 e. The van der Waals surface area contributed by atoms with E-state index in [1.165, 1.54) is 37.7 Å². The minimum atomic E-state index is 0.167. The Bertz CT molecular complexity index is 405. The third-order valence-electron chi connectivity index (χ3n) is 3.67. The molecular weight excluding hydrogens is 298 g/mol.